The average molecular weight is 220 g/mol. The number of hydrogen-bond acceptors (Lipinski definition) is 2. The zero-order valence-corrected chi connectivity index (χ0v) is 9.85. The molecule has 0 spiro atoms. The molecule has 0 saturated carbocycles. The summed E-state index contributed by atoms with van der Waals surface area (Å²) < 4.78 is 0. The third kappa shape index (κ3) is 2.43. The van der Waals surface area contributed by atoms with Gasteiger partial charge in [-0.1, -0.05) is 25.1 Å². The zero-order valence-electron chi connectivity index (χ0n) is 9.03. The fraction of sp³-hybridized carbons (Fsp3) is 0.462. The van der Waals surface area contributed by atoms with E-state index in [1.165, 1.54) is 10.5 Å². The van der Waals surface area contributed by atoms with Crippen LogP contribution in [-0.2, 0) is 4.79 Å². The highest BCUT2D eigenvalue weighted by Crippen LogP contribution is 2.41. The number of thioether (sulfide) groups is 1. The van der Waals surface area contributed by atoms with Crippen LogP contribution in [0.25, 0.3) is 0 Å². The van der Waals surface area contributed by atoms with Gasteiger partial charge in [0.15, 0.2) is 0 Å². The fourth-order valence-corrected chi connectivity index (χ4v) is 3.28. The van der Waals surface area contributed by atoms with Gasteiger partial charge >= 0.3 is 0 Å². The quantitative estimate of drug-likeness (QED) is 0.770. The number of carbonyl (C=O) groups is 1. The Morgan fingerprint density at radius 1 is 1.47 bits per heavy atom. The number of hydrogen-bond donors (Lipinski definition) is 0. The second-order valence-electron chi connectivity index (χ2n) is 3.98. The molecule has 2 rings (SSSR count). The molecule has 0 fully saturated rings. The molecule has 1 heterocycles. The van der Waals surface area contributed by atoms with Gasteiger partial charge in [0, 0.05) is 23.5 Å². The van der Waals surface area contributed by atoms with Crippen LogP contribution in [0, 0.1) is 0 Å². The molecule has 0 amide bonds. The predicted octanol–water partition coefficient (Wildman–Crippen LogP) is 3.64. The van der Waals surface area contributed by atoms with Crippen LogP contribution in [0.15, 0.2) is 29.2 Å². The van der Waals surface area contributed by atoms with E-state index >= 15 is 0 Å². The highest BCUT2D eigenvalue weighted by atomic mass is 32.2. The van der Waals surface area contributed by atoms with Crippen LogP contribution in [-0.4, -0.2) is 11.5 Å². The molecule has 15 heavy (non-hydrogen) atoms. The van der Waals surface area contributed by atoms with Crippen LogP contribution in [0.3, 0.4) is 0 Å². The van der Waals surface area contributed by atoms with E-state index in [-0.39, 0.29) is 0 Å². The van der Waals surface area contributed by atoms with Crippen molar-refractivity contribution in [3.05, 3.63) is 29.8 Å². The number of carbonyl (C=O) groups excluding carboxylic acids is 1. The number of fused-ring (bicyclic) bond motifs is 1. The Bertz CT molecular complexity index is 359. The molecular formula is C13H16OS. The van der Waals surface area contributed by atoms with Crippen LogP contribution in [0.5, 0.6) is 0 Å². The smallest absolute Gasteiger partial charge is 0.132 e. The summed E-state index contributed by atoms with van der Waals surface area (Å²) in [6, 6.07) is 8.57. The van der Waals surface area contributed by atoms with Crippen LogP contribution in [0.2, 0.25) is 0 Å². The molecule has 0 radical (unpaired) electrons. The Balaban J connectivity index is 1.99. The van der Waals surface area contributed by atoms with Gasteiger partial charge in [-0.2, -0.15) is 0 Å². The normalized spacial score (nSPS) is 18.9. The third-order valence-corrected chi connectivity index (χ3v) is 4.22. The van der Waals surface area contributed by atoms with E-state index in [4.69, 9.17) is 0 Å². The molecule has 1 atom stereocenters. The molecule has 1 nitrogen and oxygen atoms in total. The predicted molar refractivity (Wildman–Crippen MR) is 64.4 cm³/mol. The molecule has 1 aromatic carbocycles. The highest BCUT2D eigenvalue weighted by molar-refractivity contribution is 7.99. The largest absolute Gasteiger partial charge is 0.300 e. The Hall–Kier alpha value is -0.760. The maximum Gasteiger partial charge on any atom is 0.132 e. The van der Waals surface area contributed by atoms with Gasteiger partial charge in [-0.05, 0) is 24.0 Å². The Kier molecular flexibility index (Phi) is 3.47. The maximum atomic E-state index is 11.3. The highest BCUT2D eigenvalue weighted by Gasteiger charge is 2.22. The summed E-state index contributed by atoms with van der Waals surface area (Å²) in [7, 11) is 0. The van der Waals surface area contributed by atoms with Gasteiger partial charge in [-0.3, -0.25) is 4.79 Å². The fourth-order valence-electron chi connectivity index (χ4n) is 1.98. The summed E-state index contributed by atoms with van der Waals surface area (Å²) >= 11 is 1.92. The second-order valence-corrected chi connectivity index (χ2v) is 5.04. The second kappa shape index (κ2) is 4.84. The van der Waals surface area contributed by atoms with Gasteiger partial charge in [0.25, 0.3) is 0 Å². The number of Topliss-reactive ketones (excluding diaryl/α,β-unsaturated/α-hetero) is 1. The van der Waals surface area contributed by atoms with Gasteiger partial charge in [0.05, 0.1) is 0 Å². The van der Waals surface area contributed by atoms with Gasteiger partial charge in [-0.15, -0.1) is 11.8 Å². The van der Waals surface area contributed by atoms with Gasteiger partial charge in [-0.25, -0.2) is 0 Å². The topological polar surface area (TPSA) is 17.1 Å². The lowest BCUT2D eigenvalue weighted by atomic mass is 9.95. The van der Waals surface area contributed by atoms with E-state index in [0.29, 0.717) is 18.1 Å². The first-order valence-electron chi connectivity index (χ1n) is 5.54. The van der Waals surface area contributed by atoms with Crippen LogP contribution >= 0.6 is 11.8 Å². The maximum absolute atomic E-state index is 11.3. The van der Waals surface area contributed by atoms with Crippen LogP contribution in [0.4, 0.5) is 0 Å². The van der Waals surface area contributed by atoms with E-state index in [1.54, 1.807) is 0 Å². The van der Waals surface area contributed by atoms with Crippen LogP contribution < -0.4 is 0 Å². The molecule has 1 aromatic rings. The van der Waals surface area contributed by atoms with Gasteiger partial charge < -0.3 is 0 Å². The minimum Gasteiger partial charge on any atom is -0.300 e. The zero-order chi connectivity index (χ0) is 10.7. The molecule has 0 aromatic heterocycles. The molecule has 1 unspecified atom stereocenters. The molecule has 80 valence electrons. The number of benzene rings is 1. The minimum atomic E-state index is 0.393. The minimum absolute atomic E-state index is 0.393. The SMILES string of the molecule is CCC(=O)CCC1CSc2ccccc21. The summed E-state index contributed by atoms with van der Waals surface area (Å²) in [6.07, 6.45) is 2.45. The van der Waals surface area contributed by atoms with Crippen molar-refractivity contribution in [3.8, 4) is 0 Å². The van der Waals surface area contributed by atoms with E-state index in [9.17, 15) is 4.79 Å². The number of ketones is 1. The van der Waals surface area contributed by atoms with Crippen molar-refractivity contribution in [2.24, 2.45) is 0 Å². The lowest BCUT2D eigenvalue weighted by molar-refractivity contribution is -0.118. The van der Waals surface area contributed by atoms with Crippen molar-refractivity contribution in [1.29, 1.82) is 0 Å². The Labute approximate surface area is 95.3 Å². The summed E-state index contributed by atoms with van der Waals surface area (Å²) in [5.74, 6) is 2.14. The molecular weight excluding hydrogens is 204 g/mol. The van der Waals surface area contributed by atoms with E-state index in [1.807, 2.05) is 18.7 Å². The van der Waals surface area contributed by atoms with Crippen molar-refractivity contribution >= 4 is 17.5 Å². The molecule has 1 aliphatic heterocycles. The Morgan fingerprint density at radius 2 is 2.27 bits per heavy atom. The molecule has 2 heteroatoms. The van der Waals surface area contributed by atoms with Gasteiger partial charge in [0.2, 0.25) is 0 Å². The standard InChI is InChI=1S/C13H16OS/c1-2-11(14)8-7-10-9-15-13-6-4-3-5-12(10)13/h3-6,10H,2,7-9H2,1H3. The molecule has 0 N–H and O–H groups in total. The van der Waals surface area contributed by atoms with E-state index < -0.39 is 0 Å². The van der Waals surface area contributed by atoms with Crippen LogP contribution in [0.1, 0.15) is 37.7 Å². The third-order valence-electron chi connectivity index (χ3n) is 2.96. The summed E-state index contributed by atoms with van der Waals surface area (Å²) in [4.78, 5) is 12.7. The lowest BCUT2D eigenvalue weighted by Gasteiger charge is -2.09. The molecule has 1 aliphatic rings. The molecule has 0 bridgehead atoms. The average Bonchev–Trinajstić information content (AvgIpc) is 2.69. The monoisotopic (exact) mass is 220 g/mol. The van der Waals surface area contributed by atoms with Crippen molar-refractivity contribution in [2.75, 3.05) is 5.75 Å². The molecule has 0 saturated heterocycles. The Morgan fingerprint density at radius 3 is 3.07 bits per heavy atom. The van der Waals surface area contributed by atoms with Gasteiger partial charge in [0.1, 0.15) is 5.78 Å². The van der Waals surface area contributed by atoms with Crippen molar-refractivity contribution in [3.63, 3.8) is 0 Å². The van der Waals surface area contributed by atoms with Crippen molar-refractivity contribution in [2.45, 2.75) is 37.0 Å². The lowest BCUT2D eigenvalue weighted by Crippen LogP contribution is -2.02. The van der Waals surface area contributed by atoms with Crippen molar-refractivity contribution < 1.29 is 4.79 Å². The first kappa shape index (κ1) is 10.7. The summed E-state index contributed by atoms with van der Waals surface area (Å²) in [5, 5.41) is 0. The van der Waals surface area contributed by atoms with Crippen molar-refractivity contribution in [1.82, 2.24) is 0 Å². The molecule has 0 aliphatic carbocycles. The summed E-state index contributed by atoms with van der Waals surface area (Å²) in [5.41, 5.74) is 1.45. The van der Waals surface area contributed by atoms with E-state index in [0.717, 1.165) is 18.6 Å². The first-order valence-corrected chi connectivity index (χ1v) is 6.53. The first-order chi connectivity index (χ1) is 7.31. The number of rotatable bonds is 4. The summed E-state index contributed by atoms with van der Waals surface area (Å²) in [6.45, 7) is 1.94. The van der Waals surface area contributed by atoms with E-state index in [2.05, 4.69) is 24.3 Å².